The summed E-state index contributed by atoms with van der Waals surface area (Å²) in [4.78, 5) is 12.6. The monoisotopic (exact) mass is 337 g/mol. The number of carbonyl (C=O) groups excluding carboxylic acids is 1. The van der Waals surface area contributed by atoms with E-state index in [2.05, 4.69) is 15.6 Å². The average Bonchev–Trinajstić information content (AvgIpc) is 3.16. The Kier molecular flexibility index (Phi) is 4.44. The number of nitrogens with zero attached hydrogens (tertiary/aromatic N) is 4. The van der Waals surface area contributed by atoms with Crippen molar-refractivity contribution in [3.63, 3.8) is 0 Å². The number of aryl methyl sites for hydroxylation is 1. The molecule has 3 rings (SSSR count). The normalized spacial score (nSPS) is 11.5. The van der Waals surface area contributed by atoms with Crippen LogP contribution in [0.2, 0.25) is 0 Å². The second-order valence-corrected chi connectivity index (χ2v) is 6.79. The molecule has 1 aromatic carbocycles. The van der Waals surface area contributed by atoms with E-state index in [1.807, 2.05) is 81.2 Å². The number of rotatable bonds is 5. The van der Waals surface area contributed by atoms with Gasteiger partial charge in [-0.1, -0.05) is 35.5 Å². The first-order chi connectivity index (χ1) is 11.9. The molecular formula is C19H23N5O. The molecule has 0 saturated carbocycles. The lowest BCUT2D eigenvalue weighted by molar-refractivity contribution is 0.0909. The predicted octanol–water partition coefficient (Wildman–Crippen LogP) is 2.64. The van der Waals surface area contributed by atoms with Crippen LogP contribution in [0.25, 0.3) is 0 Å². The van der Waals surface area contributed by atoms with Crippen molar-refractivity contribution in [3.8, 4) is 0 Å². The standard InChI is InChI=1S/C19H23N5O/c1-14-16(10-11-23(14)4)18(25)20-19(2,3)17-13-24(22-21-17)12-15-8-6-5-7-9-15/h5-11,13H,12H2,1-4H3,(H,20,25). The number of aromatic nitrogens is 4. The number of nitrogens with one attached hydrogen (secondary N) is 1. The van der Waals surface area contributed by atoms with Gasteiger partial charge in [0.15, 0.2) is 0 Å². The van der Waals surface area contributed by atoms with Crippen molar-refractivity contribution in [3.05, 3.63) is 71.3 Å². The van der Waals surface area contributed by atoms with Crippen molar-refractivity contribution in [1.82, 2.24) is 24.9 Å². The molecule has 25 heavy (non-hydrogen) atoms. The molecule has 1 amide bonds. The third kappa shape index (κ3) is 3.63. The first-order valence-electron chi connectivity index (χ1n) is 8.26. The molecule has 0 atom stereocenters. The maximum absolute atomic E-state index is 12.6. The second kappa shape index (κ2) is 6.55. The third-order valence-corrected chi connectivity index (χ3v) is 4.42. The van der Waals surface area contributed by atoms with Crippen LogP contribution in [-0.4, -0.2) is 25.5 Å². The first-order valence-corrected chi connectivity index (χ1v) is 8.26. The average molecular weight is 337 g/mol. The molecular weight excluding hydrogens is 314 g/mol. The SMILES string of the molecule is Cc1c(C(=O)NC(C)(C)c2cn(Cc3ccccc3)nn2)ccn1C. The fourth-order valence-corrected chi connectivity index (χ4v) is 2.70. The van der Waals surface area contributed by atoms with Gasteiger partial charge in [-0.05, 0) is 32.4 Å². The molecule has 0 unspecified atom stereocenters. The zero-order chi connectivity index (χ0) is 18.0. The lowest BCUT2D eigenvalue weighted by Crippen LogP contribution is -2.41. The molecule has 1 N–H and O–H groups in total. The molecule has 3 aromatic rings. The molecule has 6 heteroatoms. The Hall–Kier alpha value is -2.89. The summed E-state index contributed by atoms with van der Waals surface area (Å²) in [6, 6.07) is 11.9. The Morgan fingerprint density at radius 2 is 1.92 bits per heavy atom. The Balaban J connectivity index is 1.74. The molecule has 0 aliphatic rings. The quantitative estimate of drug-likeness (QED) is 0.778. The maximum Gasteiger partial charge on any atom is 0.253 e. The number of hydrogen-bond donors (Lipinski definition) is 1. The smallest absolute Gasteiger partial charge is 0.253 e. The van der Waals surface area contributed by atoms with E-state index in [1.54, 1.807) is 4.68 Å². The lowest BCUT2D eigenvalue weighted by atomic mass is 10.0. The molecule has 0 fully saturated rings. The van der Waals surface area contributed by atoms with E-state index in [4.69, 9.17) is 0 Å². The Labute approximate surface area is 147 Å². The van der Waals surface area contributed by atoms with Gasteiger partial charge in [-0.2, -0.15) is 0 Å². The molecule has 0 saturated heterocycles. The van der Waals surface area contributed by atoms with E-state index >= 15 is 0 Å². The summed E-state index contributed by atoms with van der Waals surface area (Å²) >= 11 is 0. The second-order valence-electron chi connectivity index (χ2n) is 6.79. The van der Waals surface area contributed by atoms with Crippen LogP contribution in [0, 0.1) is 6.92 Å². The van der Waals surface area contributed by atoms with Crippen molar-refractivity contribution < 1.29 is 4.79 Å². The fourth-order valence-electron chi connectivity index (χ4n) is 2.70. The Bertz CT molecular complexity index is 876. The molecule has 0 aliphatic carbocycles. The van der Waals surface area contributed by atoms with Gasteiger partial charge in [0, 0.05) is 18.9 Å². The summed E-state index contributed by atoms with van der Waals surface area (Å²) in [5.41, 5.74) is 2.87. The van der Waals surface area contributed by atoms with Crippen molar-refractivity contribution >= 4 is 5.91 Å². The molecule has 0 bridgehead atoms. The van der Waals surface area contributed by atoms with Crippen molar-refractivity contribution in [2.45, 2.75) is 32.9 Å². The molecule has 130 valence electrons. The van der Waals surface area contributed by atoms with Crippen LogP contribution in [-0.2, 0) is 19.1 Å². The minimum Gasteiger partial charge on any atom is -0.354 e. The van der Waals surface area contributed by atoms with Crippen LogP contribution in [0.4, 0.5) is 0 Å². The van der Waals surface area contributed by atoms with E-state index in [-0.39, 0.29) is 5.91 Å². The van der Waals surface area contributed by atoms with Gasteiger partial charge >= 0.3 is 0 Å². The van der Waals surface area contributed by atoms with Gasteiger partial charge in [0.25, 0.3) is 5.91 Å². The summed E-state index contributed by atoms with van der Waals surface area (Å²) in [7, 11) is 1.92. The highest BCUT2D eigenvalue weighted by molar-refractivity contribution is 5.95. The summed E-state index contributed by atoms with van der Waals surface area (Å²) in [5.74, 6) is -0.110. The van der Waals surface area contributed by atoms with Crippen molar-refractivity contribution in [2.75, 3.05) is 0 Å². The maximum atomic E-state index is 12.6. The minimum atomic E-state index is -0.617. The summed E-state index contributed by atoms with van der Waals surface area (Å²) in [6.45, 7) is 6.44. The van der Waals surface area contributed by atoms with Crippen molar-refractivity contribution in [2.24, 2.45) is 7.05 Å². The van der Waals surface area contributed by atoms with Gasteiger partial charge in [0.2, 0.25) is 0 Å². The van der Waals surface area contributed by atoms with Gasteiger partial charge in [0.1, 0.15) is 5.69 Å². The fraction of sp³-hybridized carbons (Fsp3) is 0.316. The highest BCUT2D eigenvalue weighted by Gasteiger charge is 2.27. The van der Waals surface area contributed by atoms with E-state index in [1.165, 1.54) is 0 Å². The van der Waals surface area contributed by atoms with E-state index < -0.39 is 5.54 Å². The number of amides is 1. The highest BCUT2D eigenvalue weighted by Crippen LogP contribution is 2.19. The van der Waals surface area contributed by atoms with Crippen molar-refractivity contribution in [1.29, 1.82) is 0 Å². The van der Waals surface area contributed by atoms with Crippen LogP contribution < -0.4 is 5.32 Å². The number of hydrogen-bond acceptors (Lipinski definition) is 3. The molecule has 6 nitrogen and oxygen atoms in total. The van der Waals surface area contributed by atoms with Gasteiger partial charge in [0.05, 0.1) is 23.8 Å². The molecule has 0 spiro atoms. The van der Waals surface area contributed by atoms with Crippen LogP contribution in [0.15, 0.2) is 48.8 Å². The number of carbonyl (C=O) groups is 1. The minimum absolute atomic E-state index is 0.110. The Morgan fingerprint density at radius 1 is 1.20 bits per heavy atom. The molecule has 0 aliphatic heterocycles. The molecule has 2 aromatic heterocycles. The lowest BCUT2D eigenvalue weighted by Gasteiger charge is -2.23. The number of benzene rings is 1. The van der Waals surface area contributed by atoms with Crippen LogP contribution in [0.3, 0.4) is 0 Å². The van der Waals surface area contributed by atoms with Gasteiger partial charge in [-0.3, -0.25) is 4.79 Å². The van der Waals surface area contributed by atoms with Crippen LogP contribution in [0.5, 0.6) is 0 Å². The highest BCUT2D eigenvalue weighted by atomic mass is 16.1. The van der Waals surface area contributed by atoms with Crippen LogP contribution in [0.1, 0.15) is 41.2 Å². The zero-order valence-corrected chi connectivity index (χ0v) is 15.0. The predicted molar refractivity (Wildman–Crippen MR) is 96.2 cm³/mol. The topological polar surface area (TPSA) is 64.7 Å². The summed E-state index contributed by atoms with van der Waals surface area (Å²) in [5, 5.41) is 11.5. The van der Waals surface area contributed by atoms with Gasteiger partial charge in [-0.15, -0.1) is 5.10 Å². The molecule has 0 radical (unpaired) electrons. The summed E-state index contributed by atoms with van der Waals surface area (Å²) < 4.78 is 3.71. The van der Waals surface area contributed by atoms with E-state index in [0.717, 1.165) is 17.0 Å². The third-order valence-electron chi connectivity index (χ3n) is 4.42. The molecule has 2 heterocycles. The van der Waals surface area contributed by atoms with Gasteiger partial charge < -0.3 is 9.88 Å². The summed E-state index contributed by atoms with van der Waals surface area (Å²) in [6.07, 6.45) is 3.76. The Morgan fingerprint density at radius 3 is 2.56 bits per heavy atom. The van der Waals surface area contributed by atoms with E-state index in [9.17, 15) is 4.79 Å². The largest absolute Gasteiger partial charge is 0.354 e. The van der Waals surface area contributed by atoms with Crippen LogP contribution >= 0.6 is 0 Å². The van der Waals surface area contributed by atoms with E-state index in [0.29, 0.717) is 12.1 Å². The zero-order valence-electron chi connectivity index (χ0n) is 15.0. The van der Waals surface area contributed by atoms with Gasteiger partial charge in [-0.25, -0.2) is 4.68 Å². The first kappa shape index (κ1) is 17.0.